The number of hydrogen-bond acceptors (Lipinski definition) is 2. The Morgan fingerprint density at radius 2 is 1.94 bits per heavy atom. The fourth-order valence-corrected chi connectivity index (χ4v) is 2.86. The summed E-state index contributed by atoms with van der Waals surface area (Å²) >= 11 is 7.73. The molecule has 0 saturated heterocycles. The van der Waals surface area contributed by atoms with Crippen molar-refractivity contribution in [3.8, 4) is 0 Å². The van der Waals surface area contributed by atoms with Crippen LogP contribution < -0.4 is 5.32 Å². The van der Waals surface area contributed by atoms with E-state index in [0.29, 0.717) is 0 Å². The SMILES string of the molecule is CNCc1ccccc1Sc1cccc(Cl)c1. The molecule has 3 heteroatoms. The van der Waals surface area contributed by atoms with Gasteiger partial charge in [-0.25, -0.2) is 0 Å². The summed E-state index contributed by atoms with van der Waals surface area (Å²) in [5, 5.41) is 3.96. The Balaban J connectivity index is 2.23. The van der Waals surface area contributed by atoms with Crippen LogP contribution in [0.1, 0.15) is 5.56 Å². The van der Waals surface area contributed by atoms with Crippen molar-refractivity contribution in [2.75, 3.05) is 7.05 Å². The first-order valence-corrected chi connectivity index (χ1v) is 6.65. The Hall–Kier alpha value is -0.960. The van der Waals surface area contributed by atoms with Crippen LogP contribution in [0, 0.1) is 0 Å². The third kappa shape index (κ3) is 3.50. The molecule has 0 atom stereocenters. The Labute approximate surface area is 111 Å². The van der Waals surface area contributed by atoms with Gasteiger partial charge in [-0.15, -0.1) is 0 Å². The van der Waals surface area contributed by atoms with Gasteiger partial charge in [0.1, 0.15) is 0 Å². The van der Waals surface area contributed by atoms with Gasteiger partial charge >= 0.3 is 0 Å². The second-order valence-corrected chi connectivity index (χ2v) is 5.25. The molecule has 0 unspecified atom stereocenters. The first-order valence-electron chi connectivity index (χ1n) is 5.45. The van der Waals surface area contributed by atoms with Crippen molar-refractivity contribution in [1.29, 1.82) is 0 Å². The van der Waals surface area contributed by atoms with E-state index in [4.69, 9.17) is 11.6 Å². The predicted molar refractivity (Wildman–Crippen MR) is 74.8 cm³/mol. The molecule has 0 aliphatic carbocycles. The van der Waals surface area contributed by atoms with Gasteiger partial charge in [-0.3, -0.25) is 0 Å². The molecule has 0 fully saturated rings. The van der Waals surface area contributed by atoms with E-state index in [2.05, 4.69) is 35.6 Å². The number of nitrogens with one attached hydrogen (secondary N) is 1. The van der Waals surface area contributed by atoms with Gasteiger partial charge in [0, 0.05) is 21.4 Å². The van der Waals surface area contributed by atoms with Gasteiger partial charge in [-0.1, -0.05) is 47.6 Å². The van der Waals surface area contributed by atoms with Crippen LogP contribution >= 0.6 is 23.4 Å². The molecule has 0 heterocycles. The number of rotatable bonds is 4. The molecule has 0 saturated carbocycles. The molecule has 0 radical (unpaired) electrons. The lowest BCUT2D eigenvalue weighted by Crippen LogP contribution is -2.05. The quantitative estimate of drug-likeness (QED) is 0.887. The van der Waals surface area contributed by atoms with Gasteiger partial charge in [0.2, 0.25) is 0 Å². The van der Waals surface area contributed by atoms with Crippen LogP contribution in [0.5, 0.6) is 0 Å². The lowest BCUT2D eigenvalue weighted by Gasteiger charge is -2.08. The summed E-state index contributed by atoms with van der Waals surface area (Å²) in [6.07, 6.45) is 0. The normalized spacial score (nSPS) is 10.5. The average Bonchev–Trinajstić information content (AvgIpc) is 2.32. The summed E-state index contributed by atoms with van der Waals surface area (Å²) in [6.45, 7) is 0.879. The maximum Gasteiger partial charge on any atom is 0.0417 e. The molecule has 1 nitrogen and oxygen atoms in total. The number of halogens is 1. The smallest absolute Gasteiger partial charge is 0.0417 e. The molecule has 0 bridgehead atoms. The Bertz CT molecular complexity index is 499. The minimum absolute atomic E-state index is 0.779. The van der Waals surface area contributed by atoms with Crippen LogP contribution in [-0.4, -0.2) is 7.05 Å². The van der Waals surface area contributed by atoms with Crippen molar-refractivity contribution >= 4 is 23.4 Å². The third-order valence-electron chi connectivity index (χ3n) is 2.36. The van der Waals surface area contributed by atoms with Gasteiger partial charge in [-0.2, -0.15) is 0 Å². The first kappa shape index (κ1) is 12.5. The van der Waals surface area contributed by atoms with E-state index >= 15 is 0 Å². The topological polar surface area (TPSA) is 12.0 Å². The molecule has 0 aliphatic heterocycles. The molecule has 0 amide bonds. The van der Waals surface area contributed by atoms with E-state index in [-0.39, 0.29) is 0 Å². The van der Waals surface area contributed by atoms with E-state index in [1.54, 1.807) is 11.8 Å². The predicted octanol–water partition coefficient (Wildman–Crippen LogP) is 4.21. The molecule has 17 heavy (non-hydrogen) atoms. The summed E-state index contributed by atoms with van der Waals surface area (Å²) in [5.74, 6) is 0. The Kier molecular flexibility index (Phi) is 4.49. The van der Waals surface area contributed by atoms with Gasteiger partial charge < -0.3 is 5.32 Å². The lowest BCUT2D eigenvalue weighted by atomic mass is 10.2. The Morgan fingerprint density at radius 1 is 1.12 bits per heavy atom. The van der Waals surface area contributed by atoms with Crippen LogP contribution in [0.4, 0.5) is 0 Å². The van der Waals surface area contributed by atoms with Crippen LogP contribution in [0.15, 0.2) is 58.3 Å². The van der Waals surface area contributed by atoms with Gasteiger partial charge in [0.05, 0.1) is 0 Å². The van der Waals surface area contributed by atoms with E-state index in [9.17, 15) is 0 Å². The highest BCUT2D eigenvalue weighted by molar-refractivity contribution is 7.99. The van der Waals surface area contributed by atoms with Crippen LogP contribution in [0.2, 0.25) is 5.02 Å². The zero-order chi connectivity index (χ0) is 12.1. The van der Waals surface area contributed by atoms with Gasteiger partial charge in [-0.05, 0) is 36.9 Å². The number of hydrogen-bond donors (Lipinski definition) is 1. The van der Waals surface area contributed by atoms with E-state index < -0.39 is 0 Å². The summed E-state index contributed by atoms with van der Waals surface area (Å²) in [7, 11) is 1.96. The molecule has 0 aliphatic rings. The van der Waals surface area contributed by atoms with Crippen molar-refractivity contribution in [2.45, 2.75) is 16.3 Å². The van der Waals surface area contributed by atoms with Crippen molar-refractivity contribution in [3.63, 3.8) is 0 Å². The second-order valence-electron chi connectivity index (χ2n) is 3.70. The van der Waals surface area contributed by atoms with E-state index in [1.165, 1.54) is 15.4 Å². The fraction of sp³-hybridized carbons (Fsp3) is 0.143. The minimum Gasteiger partial charge on any atom is -0.316 e. The largest absolute Gasteiger partial charge is 0.316 e. The third-order valence-corrected chi connectivity index (χ3v) is 3.71. The molecular weight excluding hydrogens is 250 g/mol. The average molecular weight is 264 g/mol. The summed E-state index contributed by atoms with van der Waals surface area (Å²) in [6, 6.07) is 16.3. The molecule has 0 spiro atoms. The lowest BCUT2D eigenvalue weighted by molar-refractivity contribution is 0.803. The van der Waals surface area contributed by atoms with Crippen molar-refractivity contribution in [3.05, 3.63) is 59.1 Å². The minimum atomic E-state index is 0.779. The van der Waals surface area contributed by atoms with E-state index in [0.717, 1.165) is 11.6 Å². The highest BCUT2D eigenvalue weighted by atomic mass is 35.5. The van der Waals surface area contributed by atoms with Crippen LogP contribution in [-0.2, 0) is 6.54 Å². The van der Waals surface area contributed by atoms with Crippen LogP contribution in [0.3, 0.4) is 0 Å². The maximum atomic E-state index is 5.99. The standard InChI is InChI=1S/C14H14ClNS/c1-16-10-11-5-2-3-8-14(11)17-13-7-4-6-12(15)9-13/h2-9,16H,10H2,1H3. The zero-order valence-electron chi connectivity index (χ0n) is 9.61. The van der Waals surface area contributed by atoms with E-state index in [1.807, 2.05) is 25.2 Å². The highest BCUT2D eigenvalue weighted by Crippen LogP contribution is 2.31. The van der Waals surface area contributed by atoms with Crippen molar-refractivity contribution in [1.82, 2.24) is 5.32 Å². The van der Waals surface area contributed by atoms with Gasteiger partial charge in [0.25, 0.3) is 0 Å². The highest BCUT2D eigenvalue weighted by Gasteiger charge is 2.03. The molecule has 88 valence electrons. The Morgan fingerprint density at radius 3 is 2.71 bits per heavy atom. The molecule has 2 aromatic rings. The monoisotopic (exact) mass is 263 g/mol. The molecule has 1 N–H and O–H groups in total. The number of benzene rings is 2. The second kappa shape index (κ2) is 6.10. The van der Waals surface area contributed by atoms with Crippen molar-refractivity contribution in [2.24, 2.45) is 0 Å². The molecule has 2 rings (SSSR count). The maximum absolute atomic E-state index is 5.99. The zero-order valence-corrected chi connectivity index (χ0v) is 11.2. The first-order chi connectivity index (χ1) is 8.29. The molecular formula is C14H14ClNS. The molecule has 2 aromatic carbocycles. The summed E-state index contributed by atoms with van der Waals surface area (Å²) in [5.41, 5.74) is 1.31. The van der Waals surface area contributed by atoms with Gasteiger partial charge in [0.15, 0.2) is 0 Å². The van der Waals surface area contributed by atoms with Crippen LogP contribution in [0.25, 0.3) is 0 Å². The summed E-state index contributed by atoms with van der Waals surface area (Å²) < 4.78 is 0. The molecule has 0 aromatic heterocycles. The summed E-state index contributed by atoms with van der Waals surface area (Å²) in [4.78, 5) is 2.44. The van der Waals surface area contributed by atoms with Crippen molar-refractivity contribution < 1.29 is 0 Å². The fourth-order valence-electron chi connectivity index (χ4n) is 1.60.